The molecule has 0 amide bonds. The van der Waals surface area contributed by atoms with Crippen molar-refractivity contribution >= 4 is 23.0 Å². The third-order valence-electron chi connectivity index (χ3n) is 2.50. The monoisotopic (exact) mass is 253 g/mol. The maximum Gasteiger partial charge on any atom is 0.136 e. The van der Waals surface area contributed by atoms with E-state index in [1.807, 2.05) is 19.1 Å². The molecule has 1 heterocycles. The summed E-state index contributed by atoms with van der Waals surface area (Å²) in [5, 5.41) is 3.32. The minimum Gasteiger partial charge on any atom is -0.389 e. The van der Waals surface area contributed by atoms with Gasteiger partial charge in [-0.2, -0.15) is 0 Å². The zero-order chi connectivity index (χ0) is 12.8. The second-order valence-corrected chi connectivity index (χ2v) is 4.36. The zero-order valence-electron chi connectivity index (χ0n) is 10.5. The Labute approximate surface area is 108 Å². The molecule has 1 aromatic rings. The largest absolute Gasteiger partial charge is 0.389 e. The van der Waals surface area contributed by atoms with Crippen molar-refractivity contribution in [2.24, 2.45) is 5.73 Å². The minimum absolute atomic E-state index is 0.211. The summed E-state index contributed by atoms with van der Waals surface area (Å²) in [6.07, 6.45) is 0.945. The van der Waals surface area contributed by atoms with E-state index < -0.39 is 0 Å². The predicted octanol–water partition coefficient (Wildman–Crippen LogP) is 1.86. The first-order chi connectivity index (χ1) is 8.08. The Kier molecular flexibility index (Phi) is 5.31. The lowest BCUT2D eigenvalue weighted by Gasteiger charge is -2.18. The second kappa shape index (κ2) is 6.51. The van der Waals surface area contributed by atoms with E-state index >= 15 is 0 Å². The van der Waals surface area contributed by atoms with Crippen LogP contribution < -0.4 is 11.1 Å². The summed E-state index contributed by atoms with van der Waals surface area (Å²) < 4.78 is 5.14. The SMILES string of the molecule is CCC(COC)Nc1nc(C)ccc1C(N)=S. The quantitative estimate of drug-likeness (QED) is 0.758. The van der Waals surface area contributed by atoms with Gasteiger partial charge in [-0.1, -0.05) is 19.1 Å². The fraction of sp³-hybridized carbons (Fsp3) is 0.500. The Hall–Kier alpha value is -1.20. The molecule has 0 spiro atoms. The number of ether oxygens (including phenoxy) is 1. The molecule has 0 aliphatic carbocycles. The highest BCUT2D eigenvalue weighted by molar-refractivity contribution is 7.80. The zero-order valence-corrected chi connectivity index (χ0v) is 11.3. The predicted molar refractivity (Wildman–Crippen MR) is 74.4 cm³/mol. The van der Waals surface area contributed by atoms with Gasteiger partial charge in [-0.05, 0) is 25.5 Å². The van der Waals surface area contributed by atoms with Gasteiger partial charge in [-0.15, -0.1) is 0 Å². The number of pyridine rings is 1. The van der Waals surface area contributed by atoms with E-state index in [0.717, 1.165) is 23.5 Å². The highest BCUT2D eigenvalue weighted by Crippen LogP contribution is 2.15. The fourth-order valence-corrected chi connectivity index (χ4v) is 1.69. The first kappa shape index (κ1) is 13.9. The second-order valence-electron chi connectivity index (χ2n) is 3.92. The lowest BCUT2D eigenvalue weighted by atomic mass is 10.2. The van der Waals surface area contributed by atoms with Crippen molar-refractivity contribution in [3.05, 3.63) is 23.4 Å². The van der Waals surface area contributed by atoms with Crippen LogP contribution in [0.15, 0.2) is 12.1 Å². The maximum atomic E-state index is 5.68. The molecular weight excluding hydrogens is 234 g/mol. The molecule has 1 rings (SSSR count). The molecule has 1 atom stereocenters. The van der Waals surface area contributed by atoms with Gasteiger partial charge in [0.25, 0.3) is 0 Å². The third-order valence-corrected chi connectivity index (χ3v) is 2.72. The van der Waals surface area contributed by atoms with Crippen LogP contribution in [0.25, 0.3) is 0 Å². The van der Waals surface area contributed by atoms with Gasteiger partial charge in [-0.25, -0.2) is 4.98 Å². The third kappa shape index (κ3) is 3.94. The number of thiocarbonyl (C=S) groups is 1. The van der Waals surface area contributed by atoms with Crippen LogP contribution in [0.2, 0.25) is 0 Å². The van der Waals surface area contributed by atoms with Gasteiger partial charge in [-0.3, -0.25) is 0 Å². The summed E-state index contributed by atoms with van der Waals surface area (Å²) in [6.45, 7) is 4.65. The maximum absolute atomic E-state index is 5.68. The van der Waals surface area contributed by atoms with E-state index in [4.69, 9.17) is 22.7 Å². The number of rotatable bonds is 6. The average Bonchev–Trinajstić information content (AvgIpc) is 2.28. The standard InChI is InChI=1S/C12H19N3OS/c1-4-9(7-16-3)15-12-10(11(13)17)6-5-8(2)14-12/h5-6,9H,4,7H2,1-3H3,(H2,13,17)(H,14,15). The molecule has 1 aromatic heterocycles. The number of nitrogens with two attached hydrogens (primary N) is 1. The molecule has 0 fully saturated rings. The number of hydrogen-bond donors (Lipinski definition) is 2. The lowest BCUT2D eigenvalue weighted by molar-refractivity contribution is 0.184. The number of aryl methyl sites for hydroxylation is 1. The molecule has 94 valence electrons. The smallest absolute Gasteiger partial charge is 0.136 e. The van der Waals surface area contributed by atoms with E-state index in [9.17, 15) is 0 Å². The topological polar surface area (TPSA) is 60.2 Å². The number of methoxy groups -OCH3 is 1. The van der Waals surface area contributed by atoms with Gasteiger partial charge >= 0.3 is 0 Å². The number of nitrogens with zero attached hydrogens (tertiary/aromatic N) is 1. The van der Waals surface area contributed by atoms with Crippen LogP contribution in [0.4, 0.5) is 5.82 Å². The van der Waals surface area contributed by atoms with E-state index in [0.29, 0.717) is 11.6 Å². The van der Waals surface area contributed by atoms with E-state index in [-0.39, 0.29) is 6.04 Å². The molecule has 0 aromatic carbocycles. The molecule has 0 saturated carbocycles. The van der Waals surface area contributed by atoms with Crippen molar-refractivity contribution in [3.8, 4) is 0 Å². The van der Waals surface area contributed by atoms with Gasteiger partial charge in [0.05, 0.1) is 18.2 Å². The average molecular weight is 253 g/mol. The lowest BCUT2D eigenvalue weighted by Crippen LogP contribution is -2.26. The molecule has 5 heteroatoms. The van der Waals surface area contributed by atoms with Crippen molar-refractivity contribution in [1.29, 1.82) is 0 Å². The van der Waals surface area contributed by atoms with Crippen molar-refractivity contribution in [1.82, 2.24) is 4.98 Å². The molecule has 0 aliphatic heterocycles. The highest BCUT2D eigenvalue weighted by Gasteiger charge is 2.11. The van der Waals surface area contributed by atoms with Gasteiger partial charge in [0, 0.05) is 12.8 Å². The van der Waals surface area contributed by atoms with Crippen LogP contribution in [0, 0.1) is 6.92 Å². The Morgan fingerprint density at radius 3 is 2.82 bits per heavy atom. The van der Waals surface area contributed by atoms with Gasteiger partial charge in [0.2, 0.25) is 0 Å². The van der Waals surface area contributed by atoms with Crippen molar-refractivity contribution in [2.75, 3.05) is 19.0 Å². The van der Waals surface area contributed by atoms with Crippen LogP contribution in [0.3, 0.4) is 0 Å². The Bertz CT molecular complexity index is 395. The summed E-state index contributed by atoms with van der Waals surface area (Å²) in [7, 11) is 1.68. The molecule has 0 saturated heterocycles. The van der Waals surface area contributed by atoms with Crippen molar-refractivity contribution < 1.29 is 4.74 Å². The van der Waals surface area contributed by atoms with Crippen LogP contribution in [-0.4, -0.2) is 29.7 Å². The fourth-order valence-electron chi connectivity index (χ4n) is 1.52. The molecular formula is C12H19N3OS. The van der Waals surface area contributed by atoms with Crippen LogP contribution in [0.5, 0.6) is 0 Å². The summed E-state index contributed by atoms with van der Waals surface area (Å²) in [5.41, 5.74) is 7.38. The van der Waals surface area contributed by atoms with E-state index in [2.05, 4.69) is 17.2 Å². The Balaban J connectivity index is 2.94. The van der Waals surface area contributed by atoms with Gasteiger partial charge < -0.3 is 15.8 Å². The van der Waals surface area contributed by atoms with Crippen molar-refractivity contribution in [3.63, 3.8) is 0 Å². The Morgan fingerprint density at radius 2 is 2.29 bits per heavy atom. The molecule has 4 nitrogen and oxygen atoms in total. The van der Waals surface area contributed by atoms with Crippen LogP contribution in [0.1, 0.15) is 24.6 Å². The van der Waals surface area contributed by atoms with E-state index in [1.165, 1.54) is 0 Å². The summed E-state index contributed by atoms with van der Waals surface area (Å²) in [6, 6.07) is 4.01. The number of anilines is 1. The van der Waals surface area contributed by atoms with Crippen LogP contribution >= 0.6 is 12.2 Å². The molecule has 0 bridgehead atoms. The molecule has 0 aliphatic rings. The molecule has 17 heavy (non-hydrogen) atoms. The van der Waals surface area contributed by atoms with Gasteiger partial charge in [0.1, 0.15) is 10.8 Å². The highest BCUT2D eigenvalue weighted by atomic mass is 32.1. The van der Waals surface area contributed by atoms with Crippen LogP contribution in [-0.2, 0) is 4.74 Å². The first-order valence-corrected chi connectivity index (χ1v) is 6.02. The van der Waals surface area contributed by atoms with E-state index in [1.54, 1.807) is 7.11 Å². The molecule has 1 unspecified atom stereocenters. The minimum atomic E-state index is 0.211. The summed E-state index contributed by atoms with van der Waals surface area (Å²) >= 11 is 5.01. The summed E-state index contributed by atoms with van der Waals surface area (Å²) in [4.78, 5) is 4.78. The normalized spacial score (nSPS) is 12.2. The number of hydrogen-bond acceptors (Lipinski definition) is 4. The van der Waals surface area contributed by atoms with Gasteiger partial charge in [0.15, 0.2) is 0 Å². The number of aromatic nitrogens is 1. The first-order valence-electron chi connectivity index (χ1n) is 5.61. The van der Waals surface area contributed by atoms with Crippen molar-refractivity contribution in [2.45, 2.75) is 26.3 Å². The summed E-state index contributed by atoms with van der Waals surface area (Å²) in [5.74, 6) is 0.737. The molecule has 0 radical (unpaired) electrons. The number of nitrogens with one attached hydrogen (secondary N) is 1. The Morgan fingerprint density at radius 1 is 1.59 bits per heavy atom. The molecule has 3 N–H and O–H groups in total.